The highest BCUT2D eigenvalue weighted by atomic mass is 16.5. The predicted molar refractivity (Wildman–Crippen MR) is 88.8 cm³/mol. The Morgan fingerprint density at radius 3 is 2.73 bits per heavy atom. The predicted octanol–water partition coefficient (Wildman–Crippen LogP) is 2.32. The minimum Gasteiger partial charge on any atom is -0.377 e. The number of carbonyl (C=O) groups is 1. The molecule has 2 aliphatic rings. The molecule has 4 nitrogen and oxygen atoms in total. The first-order valence-electron chi connectivity index (χ1n) is 7.81. The van der Waals surface area contributed by atoms with Gasteiger partial charge in [-0.15, -0.1) is 0 Å². The highest BCUT2D eigenvalue weighted by Gasteiger charge is 2.20. The lowest BCUT2D eigenvalue weighted by atomic mass is 10.0. The van der Waals surface area contributed by atoms with E-state index < -0.39 is 0 Å². The van der Waals surface area contributed by atoms with Crippen LogP contribution in [0.3, 0.4) is 0 Å². The number of hydrogen-bond donors (Lipinski definition) is 0. The normalized spacial score (nSPS) is 18.8. The fraction of sp³-hybridized carbons (Fsp3) is 0.389. The minimum atomic E-state index is 0.0285. The third-order valence-electron chi connectivity index (χ3n) is 4.31. The van der Waals surface area contributed by atoms with Crippen LogP contribution in [-0.4, -0.2) is 50.2 Å². The van der Waals surface area contributed by atoms with Gasteiger partial charge in [0.25, 0.3) is 0 Å². The monoisotopic (exact) mass is 298 g/mol. The minimum absolute atomic E-state index is 0.0285. The van der Waals surface area contributed by atoms with Gasteiger partial charge in [-0.25, -0.2) is 0 Å². The highest BCUT2D eigenvalue weighted by Crippen LogP contribution is 2.26. The Hall–Kier alpha value is -2.07. The smallest absolute Gasteiger partial charge is 0.246 e. The summed E-state index contributed by atoms with van der Waals surface area (Å²) >= 11 is 0. The second-order valence-electron chi connectivity index (χ2n) is 5.62. The molecule has 22 heavy (non-hydrogen) atoms. The quantitative estimate of drug-likeness (QED) is 0.803. The Kier molecular flexibility index (Phi) is 4.59. The van der Waals surface area contributed by atoms with Gasteiger partial charge in [0.1, 0.15) is 0 Å². The molecule has 0 spiro atoms. The number of ether oxygens (including phenoxy) is 1. The van der Waals surface area contributed by atoms with Crippen LogP contribution < -0.4 is 4.90 Å². The number of nitrogens with zero attached hydrogens (tertiary/aromatic N) is 2. The van der Waals surface area contributed by atoms with Crippen LogP contribution >= 0.6 is 0 Å². The van der Waals surface area contributed by atoms with E-state index in [0.29, 0.717) is 6.61 Å². The molecule has 4 heteroatoms. The van der Waals surface area contributed by atoms with Crippen LogP contribution in [0.5, 0.6) is 0 Å². The van der Waals surface area contributed by atoms with Crippen molar-refractivity contribution in [2.75, 3.05) is 44.3 Å². The summed E-state index contributed by atoms with van der Waals surface area (Å²) in [5.41, 5.74) is 3.88. The largest absolute Gasteiger partial charge is 0.377 e. The van der Waals surface area contributed by atoms with E-state index >= 15 is 0 Å². The van der Waals surface area contributed by atoms with Crippen molar-refractivity contribution < 1.29 is 9.53 Å². The maximum atomic E-state index is 11.6. The standard InChI is InChI=1S/C18H22N2O2/c1-2-18(21)20-10-8-19(9-11-20)17-5-3-4-16(14-17)15-6-12-22-13-7-15/h2-6,14H,1,7-13H2. The van der Waals surface area contributed by atoms with E-state index in [1.54, 1.807) is 0 Å². The zero-order chi connectivity index (χ0) is 15.4. The van der Waals surface area contributed by atoms with Crippen LogP contribution in [0.15, 0.2) is 43.0 Å². The van der Waals surface area contributed by atoms with Crippen LogP contribution in [-0.2, 0) is 9.53 Å². The van der Waals surface area contributed by atoms with E-state index in [4.69, 9.17) is 4.74 Å². The molecule has 0 atom stereocenters. The molecular formula is C18H22N2O2. The van der Waals surface area contributed by atoms with Crippen LogP contribution in [0.25, 0.3) is 5.57 Å². The zero-order valence-electron chi connectivity index (χ0n) is 12.8. The summed E-state index contributed by atoms with van der Waals surface area (Å²) in [7, 11) is 0. The number of rotatable bonds is 3. The number of benzene rings is 1. The molecule has 0 N–H and O–H groups in total. The third-order valence-corrected chi connectivity index (χ3v) is 4.31. The SMILES string of the molecule is C=CC(=O)N1CCN(c2cccc(C3=CCOCC3)c2)CC1. The molecule has 0 aromatic heterocycles. The van der Waals surface area contributed by atoms with Gasteiger partial charge in [0.15, 0.2) is 0 Å². The summed E-state index contributed by atoms with van der Waals surface area (Å²) in [5.74, 6) is 0.0285. The van der Waals surface area contributed by atoms with Crippen LogP contribution in [0, 0.1) is 0 Å². The molecule has 0 bridgehead atoms. The summed E-state index contributed by atoms with van der Waals surface area (Å²) < 4.78 is 5.38. The van der Waals surface area contributed by atoms with Crippen molar-refractivity contribution >= 4 is 17.2 Å². The van der Waals surface area contributed by atoms with E-state index in [-0.39, 0.29) is 5.91 Å². The van der Waals surface area contributed by atoms with E-state index in [1.165, 1.54) is 22.9 Å². The first kappa shape index (κ1) is 14.9. The molecule has 0 unspecified atom stereocenters. The van der Waals surface area contributed by atoms with Crippen molar-refractivity contribution in [1.29, 1.82) is 0 Å². The molecule has 1 amide bonds. The van der Waals surface area contributed by atoms with E-state index in [9.17, 15) is 4.79 Å². The summed E-state index contributed by atoms with van der Waals surface area (Å²) in [6.45, 7) is 8.31. The molecular weight excluding hydrogens is 276 g/mol. The molecule has 116 valence electrons. The molecule has 1 aromatic rings. The van der Waals surface area contributed by atoms with Gasteiger partial charge in [0.2, 0.25) is 5.91 Å². The molecule has 0 radical (unpaired) electrons. The van der Waals surface area contributed by atoms with Crippen LogP contribution in [0.4, 0.5) is 5.69 Å². The Morgan fingerprint density at radius 1 is 1.23 bits per heavy atom. The molecule has 0 saturated carbocycles. The van der Waals surface area contributed by atoms with Crippen molar-refractivity contribution in [3.05, 3.63) is 48.6 Å². The van der Waals surface area contributed by atoms with E-state index in [2.05, 4.69) is 41.8 Å². The molecule has 1 aromatic carbocycles. The van der Waals surface area contributed by atoms with Crippen molar-refractivity contribution in [2.24, 2.45) is 0 Å². The lowest BCUT2D eigenvalue weighted by Crippen LogP contribution is -2.48. The first-order chi connectivity index (χ1) is 10.8. The van der Waals surface area contributed by atoms with Gasteiger partial charge in [-0.1, -0.05) is 24.8 Å². The van der Waals surface area contributed by atoms with Gasteiger partial charge >= 0.3 is 0 Å². The second-order valence-corrected chi connectivity index (χ2v) is 5.62. The maximum absolute atomic E-state index is 11.6. The first-order valence-corrected chi connectivity index (χ1v) is 7.81. The number of carbonyl (C=O) groups excluding carboxylic acids is 1. The van der Waals surface area contributed by atoms with Crippen molar-refractivity contribution in [2.45, 2.75) is 6.42 Å². The Bertz CT molecular complexity index is 587. The van der Waals surface area contributed by atoms with Crippen molar-refractivity contribution in [3.63, 3.8) is 0 Å². The fourth-order valence-electron chi connectivity index (χ4n) is 3.01. The Labute approximate surface area is 131 Å². The molecule has 3 rings (SSSR count). The summed E-state index contributed by atoms with van der Waals surface area (Å²) in [5, 5.41) is 0. The lowest BCUT2D eigenvalue weighted by molar-refractivity contribution is -0.126. The Balaban J connectivity index is 1.69. The lowest BCUT2D eigenvalue weighted by Gasteiger charge is -2.36. The summed E-state index contributed by atoms with van der Waals surface area (Å²) in [6.07, 6.45) is 4.54. The second kappa shape index (κ2) is 6.79. The Morgan fingerprint density at radius 2 is 2.05 bits per heavy atom. The summed E-state index contributed by atoms with van der Waals surface area (Å²) in [6, 6.07) is 8.68. The summed E-state index contributed by atoms with van der Waals surface area (Å²) in [4.78, 5) is 15.8. The van der Waals surface area contributed by atoms with Crippen molar-refractivity contribution in [3.8, 4) is 0 Å². The number of piperazine rings is 1. The highest BCUT2D eigenvalue weighted by molar-refractivity contribution is 5.87. The van der Waals surface area contributed by atoms with E-state index in [0.717, 1.165) is 39.2 Å². The van der Waals surface area contributed by atoms with Crippen LogP contribution in [0.1, 0.15) is 12.0 Å². The molecule has 1 fully saturated rings. The average molecular weight is 298 g/mol. The number of amides is 1. The van der Waals surface area contributed by atoms with Gasteiger partial charge in [-0.3, -0.25) is 4.79 Å². The van der Waals surface area contributed by atoms with Gasteiger partial charge in [-0.2, -0.15) is 0 Å². The van der Waals surface area contributed by atoms with Crippen LogP contribution in [0.2, 0.25) is 0 Å². The molecule has 0 aliphatic carbocycles. The molecule has 2 aliphatic heterocycles. The van der Waals surface area contributed by atoms with Gasteiger partial charge in [-0.05, 0) is 35.8 Å². The van der Waals surface area contributed by atoms with E-state index in [1.807, 2.05) is 4.90 Å². The number of hydrogen-bond acceptors (Lipinski definition) is 3. The topological polar surface area (TPSA) is 32.8 Å². The zero-order valence-corrected chi connectivity index (χ0v) is 12.8. The molecule has 1 saturated heterocycles. The van der Waals surface area contributed by atoms with Gasteiger partial charge in [0, 0.05) is 31.9 Å². The third kappa shape index (κ3) is 3.22. The molecule has 2 heterocycles. The van der Waals surface area contributed by atoms with Gasteiger partial charge < -0.3 is 14.5 Å². The van der Waals surface area contributed by atoms with Gasteiger partial charge in [0.05, 0.1) is 13.2 Å². The fourth-order valence-corrected chi connectivity index (χ4v) is 3.01. The maximum Gasteiger partial charge on any atom is 0.246 e. The number of anilines is 1. The average Bonchev–Trinajstić information content (AvgIpc) is 2.62. The van der Waals surface area contributed by atoms with Crippen molar-refractivity contribution in [1.82, 2.24) is 4.90 Å².